The average molecular weight is 481 g/mol. The molecule has 0 aliphatic heterocycles. The summed E-state index contributed by atoms with van der Waals surface area (Å²) in [5.74, 6) is -2.64. The number of methoxy groups -OCH3 is 1. The van der Waals surface area contributed by atoms with Crippen LogP contribution in [-0.2, 0) is 17.1 Å². The molecule has 0 saturated heterocycles. The Morgan fingerprint density at radius 2 is 1.53 bits per heavy atom. The summed E-state index contributed by atoms with van der Waals surface area (Å²) in [7, 11) is 1.15. The Morgan fingerprint density at radius 3 is 2.12 bits per heavy atom. The van der Waals surface area contributed by atoms with Crippen LogP contribution in [0, 0.1) is 0 Å². The Hall–Kier alpha value is -3.69. The fraction of sp³-hybridized carbons (Fsp3) is 0.208. The van der Waals surface area contributed by atoms with Crippen molar-refractivity contribution in [3.8, 4) is 0 Å². The number of halogens is 6. The molecule has 34 heavy (non-hydrogen) atoms. The van der Waals surface area contributed by atoms with Crippen LogP contribution in [0.25, 0.3) is 0 Å². The number of hydrogen-bond donors (Lipinski definition) is 0. The standard InChI is InChI=1S/C24H17F6NO3/c1-34-22(33)16-5-2-4-15(12-16)20(32)13-18(14-7-9-17(10-8-14)23(25,26)27)21-19(24(28,29)30)6-3-11-31-21/h2-12,18H,13H2,1H3/t18-/m0/s1. The van der Waals surface area contributed by atoms with Gasteiger partial charge in [0.2, 0.25) is 0 Å². The van der Waals surface area contributed by atoms with Crippen LogP contribution in [0.3, 0.4) is 0 Å². The highest BCUT2D eigenvalue weighted by Gasteiger charge is 2.37. The van der Waals surface area contributed by atoms with Crippen molar-refractivity contribution in [2.24, 2.45) is 0 Å². The van der Waals surface area contributed by atoms with Crippen molar-refractivity contribution in [1.82, 2.24) is 4.98 Å². The lowest BCUT2D eigenvalue weighted by molar-refractivity contribution is -0.139. The van der Waals surface area contributed by atoms with Gasteiger partial charge in [-0.15, -0.1) is 0 Å². The lowest BCUT2D eigenvalue weighted by Crippen LogP contribution is -2.18. The van der Waals surface area contributed by atoms with Crippen molar-refractivity contribution in [2.45, 2.75) is 24.7 Å². The molecule has 0 bridgehead atoms. The number of benzene rings is 2. The molecule has 0 radical (unpaired) electrons. The van der Waals surface area contributed by atoms with Gasteiger partial charge in [-0.05, 0) is 42.0 Å². The molecule has 0 N–H and O–H groups in total. The molecule has 3 rings (SSSR count). The Bertz CT molecular complexity index is 1190. The third-order valence-electron chi connectivity index (χ3n) is 5.11. The molecular formula is C24H17F6NO3. The Morgan fingerprint density at radius 1 is 0.882 bits per heavy atom. The van der Waals surface area contributed by atoms with Gasteiger partial charge in [0.15, 0.2) is 5.78 Å². The lowest BCUT2D eigenvalue weighted by atomic mass is 9.86. The van der Waals surface area contributed by atoms with Gasteiger partial charge in [-0.25, -0.2) is 4.79 Å². The maximum atomic E-state index is 13.7. The largest absolute Gasteiger partial charge is 0.465 e. The minimum Gasteiger partial charge on any atom is -0.465 e. The summed E-state index contributed by atoms with van der Waals surface area (Å²) in [6.45, 7) is 0. The number of esters is 1. The van der Waals surface area contributed by atoms with Crippen LogP contribution in [0.1, 0.15) is 55.4 Å². The van der Waals surface area contributed by atoms with Crippen molar-refractivity contribution in [3.05, 3.63) is 100 Å². The number of ether oxygens (including phenoxy) is 1. The van der Waals surface area contributed by atoms with Crippen LogP contribution in [0.4, 0.5) is 26.3 Å². The van der Waals surface area contributed by atoms with E-state index < -0.39 is 53.3 Å². The maximum absolute atomic E-state index is 13.7. The molecule has 3 aromatic rings. The number of rotatable bonds is 6. The van der Waals surface area contributed by atoms with E-state index in [1.807, 2.05) is 0 Å². The second-order valence-corrected chi connectivity index (χ2v) is 7.31. The van der Waals surface area contributed by atoms with Crippen molar-refractivity contribution < 1.29 is 40.7 Å². The van der Waals surface area contributed by atoms with E-state index in [0.717, 1.165) is 49.7 Å². The summed E-state index contributed by atoms with van der Waals surface area (Å²) >= 11 is 0. The van der Waals surface area contributed by atoms with Crippen molar-refractivity contribution >= 4 is 11.8 Å². The molecular weight excluding hydrogens is 464 g/mol. The van der Waals surface area contributed by atoms with Crippen LogP contribution >= 0.6 is 0 Å². The van der Waals surface area contributed by atoms with Gasteiger partial charge in [-0.3, -0.25) is 9.78 Å². The van der Waals surface area contributed by atoms with Gasteiger partial charge >= 0.3 is 18.3 Å². The third-order valence-corrected chi connectivity index (χ3v) is 5.11. The summed E-state index contributed by atoms with van der Waals surface area (Å²) in [6.07, 6.45) is -8.86. The molecule has 0 amide bonds. The van der Waals surface area contributed by atoms with E-state index in [1.54, 1.807) is 0 Å². The topological polar surface area (TPSA) is 56.3 Å². The third kappa shape index (κ3) is 5.62. The summed E-state index contributed by atoms with van der Waals surface area (Å²) in [5, 5.41) is 0. The first-order valence-electron chi connectivity index (χ1n) is 9.82. The zero-order chi connectivity index (χ0) is 25.1. The van der Waals surface area contributed by atoms with E-state index >= 15 is 0 Å². The van der Waals surface area contributed by atoms with Crippen LogP contribution in [0.2, 0.25) is 0 Å². The molecule has 0 spiro atoms. The summed E-state index contributed by atoms with van der Waals surface area (Å²) in [5.41, 5.74) is -2.43. The number of carbonyl (C=O) groups is 2. The molecule has 0 aliphatic carbocycles. The molecule has 1 aromatic heterocycles. The zero-order valence-corrected chi connectivity index (χ0v) is 17.6. The fourth-order valence-corrected chi connectivity index (χ4v) is 3.45. The number of aromatic nitrogens is 1. The normalized spacial score (nSPS) is 12.8. The van der Waals surface area contributed by atoms with E-state index in [4.69, 9.17) is 0 Å². The van der Waals surface area contributed by atoms with Gasteiger partial charge in [0, 0.05) is 24.1 Å². The van der Waals surface area contributed by atoms with Crippen LogP contribution in [0.5, 0.6) is 0 Å². The Balaban J connectivity index is 2.07. The van der Waals surface area contributed by atoms with E-state index in [-0.39, 0.29) is 16.7 Å². The van der Waals surface area contributed by atoms with Crippen LogP contribution in [-0.4, -0.2) is 23.8 Å². The average Bonchev–Trinajstić information content (AvgIpc) is 2.81. The van der Waals surface area contributed by atoms with Crippen LogP contribution < -0.4 is 0 Å². The molecule has 1 atom stereocenters. The minimum absolute atomic E-state index is 0.0318. The lowest BCUT2D eigenvalue weighted by Gasteiger charge is -2.21. The number of Topliss-reactive ketones (excluding diaryl/α,β-unsaturated/α-hetero) is 1. The van der Waals surface area contributed by atoms with Crippen molar-refractivity contribution in [3.63, 3.8) is 0 Å². The summed E-state index contributed by atoms with van der Waals surface area (Å²) < 4.78 is 84.5. The molecule has 178 valence electrons. The predicted octanol–water partition coefficient (Wildman–Crippen LogP) is 6.31. The Labute approximate surface area is 190 Å². The van der Waals surface area contributed by atoms with Gasteiger partial charge in [0.25, 0.3) is 0 Å². The van der Waals surface area contributed by atoms with E-state index in [0.29, 0.717) is 0 Å². The molecule has 10 heteroatoms. The fourth-order valence-electron chi connectivity index (χ4n) is 3.45. The van der Waals surface area contributed by atoms with Gasteiger partial charge in [-0.1, -0.05) is 24.3 Å². The molecule has 1 heterocycles. The number of pyridine rings is 1. The second-order valence-electron chi connectivity index (χ2n) is 7.31. The maximum Gasteiger partial charge on any atom is 0.418 e. The number of hydrogen-bond acceptors (Lipinski definition) is 4. The summed E-state index contributed by atoms with van der Waals surface area (Å²) in [4.78, 5) is 28.6. The second kappa shape index (κ2) is 9.66. The quantitative estimate of drug-likeness (QED) is 0.235. The monoisotopic (exact) mass is 481 g/mol. The molecule has 0 aliphatic rings. The van der Waals surface area contributed by atoms with Crippen molar-refractivity contribution in [1.29, 1.82) is 0 Å². The van der Waals surface area contributed by atoms with Gasteiger partial charge in [-0.2, -0.15) is 26.3 Å². The van der Waals surface area contributed by atoms with E-state index in [9.17, 15) is 35.9 Å². The summed E-state index contributed by atoms with van der Waals surface area (Å²) in [6, 6.07) is 10.8. The van der Waals surface area contributed by atoms with Gasteiger partial charge in [0.05, 0.1) is 29.5 Å². The predicted molar refractivity (Wildman–Crippen MR) is 109 cm³/mol. The molecule has 4 nitrogen and oxygen atoms in total. The number of alkyl halides is 6. The SMILES string of the molecule is COC(=O)c1cccc(C(=O)C[C@@H](c2ccc(C(F)(F)F)cc2)c2ncccc2C(F)(F)F)c1. The first-order chi connectivity index (χ1) is 15.9. The highest BCUT2D eigenvalue weighted by atomic mass is 19.4. The number of carbonyl (C=O) groups excluding carboxylic acids is 2. The molecule has 0 saturated carbocycles. The molecule has 0 fully saturated rings. The van der Waals surface area contributed by atoms with E-state index in [1.165, 1.54) is 24.3 Å². The Kier molecular flexibility index (Phi) is 7.09. The van der Waals surface area contributed by atoms with E-state index in [2.05, 4.69) is 9.72 Å². The van der Waals surface area contributed by atoms with Gasteiger partial charge < -0.3 is 4.74 Å². The molecule has 2 aromatic carbocycles. The number of ketones is 1. The highest BCUT2D eigenvalue weighted by molar-refractivity contribution is 5.99. The first-order valence-corrected chi connectivity index (χ1v) is 9.82. The minimum atomic E-state index is -4.80. The number of nitrogens with zero attached hydrogens (tertiary/aromatic N) is 1. The first kappa shape index (κ1) is 24.9. The van der Waals surface area contributed by atoms with Gasteiger partial charge in [0.1, 0.15) is 0 Å². The van der Waals surface area contributed by atoms with Crippen LogP contribution in [0.15, 0.2) is 66.9 Å². The molecule has 0 unspecified atom stereocenters. The van der Waals surface area contributed by atoms with Crippen molar-refractivity contribution in [2.75, 3.05) is 7.11 Å². The zero-order valence-electron chi connectivity index (χ0n) is 17.6. The smallest absolute Gasteiger partial charge is 0.418 e. The highest BCUT2D eigenvalue weighted by Crippen LogP contribution is 2.39.